The molecule has 1 amide bonds. The molecule has 1 aliphatic heterocycles. The first kappa shape index (κ1) is 14.6. The number of aromatic nitrogens is 3. The highest BCUT2D eigenvalue weighted by molar-refractivity contribution is 5.70. The molecule has 3 heterocycles. The summed E-state index contributed by atoms with van der Waals surface area (Å²) in [6, 6.07) is 1.90. The van der Waals surface area contributed by atoms with E-state index < -0.39 is 11.6 Å². The van der Waals surface area contributed by atoms with Gasteiger partial charge in [-0.25, -0.2) is 14.3 Å². The molecule has 7 nitrogen and oxygen atoms in total. The monoisotopic (exact) mass is 303 g/mol. The lowest BCUT2D eigenvalue weighted by Gasteiger charge is -2.37. The van der Waals surface area contributed by atoms with Crippen LogP contribution >= 0.6 is 0 Å². The Balaban J connectivity index is 1.86. The molecule has 7 heteroatoms. The van der Waals surface area contributed by atoms with E-state index >= 15 is 0 Å². The number of fused-ring (bicyclic) bond motifs is 1. The van der Waals surface area contributed by atoms with Crippen LogP contribution in [-0.2, 0) is 0 Å². The van der Waals surface area contributed by atoms with Crippen molar-refractivity contribution in [1.82, 2.24) is 19.5 Å². The second-order valence-electron chi connectivity index (χ2n) is 6.62. The maximum atomic E-state index is 11.6. The van der Waals surface area contributed by atoms with Gasteiger partial charge in [0, 0.05) is 31.0 Å². The van der Waals surface area contributed by atoms with Crippen molar-refractivity contribution in [2.45, 2.75) is 38.8 Å². The Kier molecular flexibility index (Phi) is 3.42. The van der Waals surface area contributed by atoms with Crippen LogP contribution in [0, 0.1) is 0 Å². The van der Waals surface area contributed by atoms with Crippen LogP contribution in [-0.4, -0.2) is 55.4 Å². The standard InChI is InChI=1S/C15H21N5O2/c1-15(2,3)20(14(21)22)11-5-8-18(10-11)13-12-4-6-17-19(12)9-7-16-13/h4,6-7,9,11H,5,8,10H2,1-3H3,(H,21,22). The molecule has 0 saturated carbocycles. The van der Waals surface area contributed by atoms with Crippen molar-refractivity contribution in [1.29, 1.82) is 0 Å². The first-order valence-corrected chi connectivity index (χ1v) is 7.43. The molecule has 118 valence electrons. The molecular weight excluding hydrogens is 282 g/mol. The third kappa shape index (κ3) is 2.47. The van der Waals surface area contributed by atoms with Gasteiger partial charge in [0.05, 0.1) is 12.2 Å². The summed E-state index contributed by atoms with van der Waals surface area (Å²) < 4.78 is 1.79. The zero-order valence-corrected chi connectivity index (χ0v) is 13.1. The Bertz CT molecular complexity index is 691. The van der Waals surface area contributed by atoms with Gasteiger partial charge in [-0.3, -0.25) is 4.90 Å². The SMILES string of the molecule is CC(C)(C)N(C(=O)O)C1CCN(c2nccn3nccc23)C1. The lowest BCUT2D eigenvalue weighted by molar-refractivity contribution is 0.0763. The number of anilines is 1. The molecule has 1 N–H and O–H groups in total. The van der Waals surface area contributed by atoms with Crippen molar-refractivity contribution in [3.05, 3.63) is 24.7 Å². The van der Waals surface area contributed by atoms with E-state index in [2.05, 4.69) is 15.0 Å². The molecule has 22 heavy (non-hydrogen) atoms. The Morgan fingerprint density at radius 1 is 1.41 bits per heavy atom. The summed E-state index contributed by atoms with van der Waals surface area (Å²) in [6.45, 7) is 7.24. The van der Waals surface area contributed by atoms with Gasteiger partial charge >= 0.3 is 6.09 Å². The van der Waals surface area contributed by atoms with Gasteiger partial charge < -0.3 is 10.0 Å². The fourth-order valence-corrected chi connectivity index (χ4v) is 3.22. The van der Waals surface area contributed by atoms with E-state index in [0.29, 0.717) is 6.54 Å². The zero-order chi connectivity index (χ0) is 15.9. The molecule has 0 aromatic carbocycles. The summed E-state index contributed by atoms with van der Waals surface area (Å²) in [5.74, 6) is 0.863. The van der Waals surface area contributed by atoms with E-state index in [1.165, 1.54) is 0 Å². The predicted molar refractivity (Wildman–Crippen MR) is 83.2 cm³/mol. The Morgan fingerprint density at radius 2 is 2.18 bits per heavy atom. The fraction of sp³-hybridized carbons (Fsp3) is 0.533. The second kappa shape index (κ2) is 5.15. The van der Waals surface area contributed by atoms with E-state index in [4.69, 9.17) is 0 Å². The quantitative estimate of drug-likeness (QED) is 0.919. The summed E-state index contributed by atoms with van der Waals surface area (Å²) in [5.41, 5.74) is 0.531. The number of hydrogen-bond donors (Lipinski definition) is 1. The number of nitrogens with zero attached hydrogens (tertiary/aromatic N) is 5. The Labute approximate surface area is 129 Å². The van der Waals surface area contributed by atoms with Crippen molar-refractivity contribution in [3.8, 4) is 0 Å². The third-order valence-corrected chi connectivity index (χ3v) is 4.06. The van der Waals surface area contributed by atoms with Crippen LogP contribution in [0.25, 0.3) is 5.52 Å². The summed E-state index contributed by atoms with van der Waals surface area (Å²) in [5, 5.41) is 13.8. The summed E-state index contributed by atoms with van der Waals surface area (Å²) in [6.07, 6.45) is 5.22. The number of carboxylic acid groups (broad SMARTS) is 1. The molecular formula is C15H21N5O2. The van der Waals surface area contributed by atoms with E-state index in [0.717, 1.165) is 24.3 Å². The van der Waals surface area contributed by atoms with E-state index in [9.17, 15) is 9.90 Å². The van der Waals surface area contributed by atoms with Gasteiger partial charge in [-0.15, -0.1) is 0 Å². The number of amides is 1. The average molecular weight is 303 g/mol. The van der Waals surface area contributed by atoms with Crippen molar-refractivity contribution in [2.24, 2.45) is 0 Å². The van der Waals surface area contributed by atoms with Gasteiger partial charge in [0.1, 0.15) is 5.52 Å². The maximum absolute atomic E-state index is 11.6. The van der Waals surface area contributed by atoms with Crippen LogP contribution in [0.4, 0.5) is 10.6 Å². The predicted octanol–water partition coefficient (Wildman–Crippen LogP) is 2.09. The number of carbonyl (C=O) groups is 1. The molecule has 0 aliphatic carbocycles. The van der Waals surface area contributed by atoms with Crippen molar-refractivity contribution in [3.63, 3.8) is 0 Å². The fourth-order valence-electron chi connectivity index (χ4n) is 3.22. The minimum atomic E-state index is -0.866. The molecule has 1 unspecified atom stereocenters. The third-order valence-electron chi connectivity index (χ3n) is 4.06. The largest absolute Gasteiger partial charge is 0.465 e. The highest BCUT2D eigenvalue weighted by Crippen LogP contribution is 2.28. The molecule has 2 aromatic heterocycles. The first-order chi connectivity index (χ1) is 10.4. The van der Waals surface area contributed by atoms with Crippen LogP contribution in [0.5, 0.6) is 0 Å². The van der Waals surface area contributed by atoms with Crippen LogP contribution in [0.2, 0.25) is 0 Å². The van der Waals surface area contributed by atoms with Gasteiger partial charge in [-0.05, 0) is 33.3 Å². The van der Waals surface area contributed by atoms with Crippen molar-refractivity contribution < 1.29 is 9.90 Å². The molecule has 2 aromatic rings. The van der Waals surface area contributed by atoms with Crippen LogP contribution in [0.3, 0.4) is 0 Å². The highest BCUT2D eigenvalue weighted by Gasteiger charge is 2.37. The second-order valence-corrected chi connectivity index (χ2v) is 6.62. The van der Waals surface area contributed by atoms with Crippen LogP contribution in [0.1, 0.15) is 27.2 Å². The van der Waals surface area contributed by atoms with Gasteiger partial charge in [-0.1, -0.05) is 0 Å². The highest BCUT2D eigenvalue weighted by atomic mass is 16.4. The molecule has 1 atom stereocenters. The van der Waals surface area contributed by atoms with E-state index in [1.54, 1.807) is 21.8 Å². The molecule has 3 rings (SSSR count). The number of hydrogen-bond acceptors (Lipinski definition) is 4. The van der Waals surface area contributed by atoms with Gasteiger partial charge in [0.15, 0.2) is 5.82 Å². The summed E-state index contributed by atoms with van der Waals surface area (Å²) in [7, 11) is 0. The summed E-state index contributed by atoms with van der Waals surface area (Å²) in [4.78, 5) is 19.8. The van der Waals surface area contributed by atoms with Gasteiger partial charge in [0.25, 0.3) is 0 Å². The smallest absolute Gasteiger partial charge is 0.408 e. The normalized spacial score (nSPS) is 18.9. The molecule has 1 fully saturated rings. The van der Waals surface area contributed by atoms with Crippen molar-refractivity contribution in [2.75, 3.05) is 18.0 Å². The zero-order valence-electron chi connectivity index (χ0n) is 13.1. The van der Waals surface area contributed by atoms with Crippen LogP contribution in [0.15, 0.2) is 24.7 Å². The maximum Gasteiger partial charge on any atom is 0.408 e. The average Bonchev–Trinajstić information content (AvgIpc) is 3.04. The van der Waals surface area contributed by atoms with Crippen LogP contribution < -0.4 is 4.90 Å². The molecule has 1 saturated heterocycles. The van der Waals surface area contributed by atoms with Gasteiger partial charge in [-0.2, -0.15) is 5.10 Å². The summed E-state index contributed by atoms with van der Waals surface area (Å²) >= 11 is 0. The van der Waals surface area contributed by atoms with Gasteiger partial charge in [0.2, 0.25) is 0 Å². The topological polar surface area (TPSA) is 74.0 Å². The lowest BCUT2D eigenvalue weighted by atomic mass is 10.0. The minimum absolute atomic E-state index is 0.0255. The first-order valence-electron chi connectivity index (χ1n) is 7.43. The molecule has 1 aliphatic rings. The molecule has 0 bridgehead atoms. The van der Waals surface area contributed by atoms with E-state index in [-0.39, 0.29) is 6.04 Å². The minimum Gasteiger partial charge on any atom is -0.465 e. The lowest BCUT2D eigenvalue weighted by Crippen LogP contribution is -2.52. The molecule has 0 radical (unpaired) electrons. The molecule has 0 spiro atoms. The van der Waals surface area contributed by atoms with Crippen molar-refractivity contribution >= 4 is 17.4 Å². The Hall–Kier alpha value is -2.31. The van der Waals surface area contributed by atoms with E-state index in [1.807, 2.05) is 33.0 Å². The Morgan fingerprint density at radius 3 is 2.86 bits per heavy atom. The number of rotatable bonds is 2.